The number of halogens is 1. The fourth-order valence-electron chi connectivity index (χ4n) is 4.03. The number of hydrogen-bond acceptors (Lipinski definition) is 9. The van der Waals surface area contributed by atoms with Gasteiger partial charge in [0.15, 0.2) is 11.5 Å². The zero-order valence-electron chi connectivity index (χ0n) is 19.0. The van der Waals surface area contributed by atoms with Crippen LogP contribution in [0.2, 0.25) is 0 Å². The highest BCUT2D eigenvalue weighted by Crippen LogP contribution is 2.30. The summed E-state index contributed by atoms with van der Waals surface area (Å²) in [7, 11) is 1.31. The molecule has 0 unspecified atom stereocenters. The van der Waals surface area contributed by atoms with Gasteiger partial charge in [-0.15, -0.1) is 10.2 Å². The lowest BCUT2D eigenvalue weighted by atomic mass is 10.0. The molecule has 1 atom stereocenters. The highest BCUT2D eigenvalue weighted by molar-refractivity contribution is 5.86. The second-order valence-electron chi connectivity index (χ2n) is 8.10. The quantitative estimate of drug-likeness (QED) is 0.473. The highest BCUT2D eigenvalue weighted by atomic mass is 19.1. The first-order valence-electron chi connectivity index (χ1n) is 10.6. The van der Waals surface area contributed by atoms with Crippen LogP contribution in [-0.2, 0) is 4.74 Å². The van der Waals surface area contributed by atoms with Crippen molar-refractivity contribution in [3.8, 4) is 11.3 Å². The summed E-state index contributed by atoms with van der Waals surface area (Å²) in [6.07, 6.45) is 3.02. The predicted molar refractivity (Wildman–Crippen MR) is 124 cm³/mol. The van der Waals surface area contributed by atoms with Crippen LogP contribution in [-0.4, -0.2) is 58.9 Å². The van der Waals surface area contributed by atoms with Crippen molar-refractivity contribution in [1.29, 1.82) is 0 Å². The Bertz CT molecular complexity index is 1190. The van der Waals surface area contributed by atoms with Crippen LogP contribution in [0, 0.1) is 19.7 Å². The van der Waals surface area contributed by atoms with Crippen LogP contribution in [0.3, 0.4) is 0 Å². The first-order valence-corrected chi connectivity index (χ1v) is 10.6. The van der Waals surface area contributed by atoms with Gasteiger partial charge in [-0.2, -0.15) is 0 Å². The third kappa shape index (κ3) is 4.28. The second kappa shape index (κ2) is 8.97. The molecule has 172 valence electrons. The Labute approximate surface area is 191 Å². The van der Waals surface area contributed by atoms with Crippen molar-refractivity contribution in [3.05, 3.63) is 53.2 Å². The number of nitrogens with two attached hydrogens (primary N) is 1. The van der Waals surface area contributed by atoms with E-state index in [0.717, 1.165) is 35.6 Å². The van der Waals surface area contributed by atoms with Gasteiger partial charge in [0.25, 0.3) is 0 Å². The van der Waals surface area contributed by atoms with E-state index in [4.69, 9.17) is 5.73 Å². The first kappa shape index (κ1) is 22.4. The highest BCUT2D eigenvalue weighted by Gasteiger charge is 2.28. The molecule has 0 saturated carbocycles. The summed E-state index contributed by atoms with van der Waals surface area (Å²) >= 11 is 0. The van der Waals surface area contributed by atoms with Crippen molar-refractivity contribution < 1.29 is 13.9 Å². The number of anilines is 3. The van der Waals surface area contributed by atoms with E-state index in [9.17, 15) is 9.18 Å². The number of ether oxygens (including phenoxy) is 1. The maximum absolute atomic E-state index is 13.6. The van der Waals surface area contributed by atoms with E-state index in [1.807, 2.05) is 13.8 Å². The molecule has 0 aliphatic carbocycles. The molecule has 2 aromatic heterocycles. The molecule has 0 spiro atoms. The second-order valence-corrected chi connectivity index (χ2v) is 8.10. The standard InChI is InChI=1S/C23H26FN7O2/c1-13-12-30(7-8-31(13)20-11-26-19(10-27-20)23(32)33-4)22-15(3)14(2)21(28-29-22)16-5-6-17(24)18(25)9-16/h5-6,9-11,13H,7-8,12,25H2,1-4H3/t13-/m1/s1. The molecule has 1 aromatic carbocycles. The lowest BCUT2D eigenvalue weighted by molar-refractivity contribution is 0.0593. The van der Waals surface area contributed by atoms with Gasteiger partial charge in [0.05, 0.1) is 30.9 Å². The summed E-state index contributed by atoms with van der Waals surface area (Å²) in [5.74, 6) is 0.570. The molecule has 4 rings (SSSR count). The summed E-state index contributed by atoms with van der Waals surface area (Å²) in [6.45, 7) is 8.27. The molecule has 9 nitrogen and oxygen atoms in total. The molecule has 2 N–H and O–H groups in total. The van der Waals surface area contributed by atoms with Crippen molar-refractivity contribution in [2.24, 2.45) is 0 Å². The maximum Gasteiger partial charge on any atom is 0.358 e. The number of esters is 1. The maximum atomic E-state index is 13.6. The molecule has 1 saturated heterocycles. The number of carbonyl (C=O) groups is 1. The van der Waals surface area contributed by atoms with Gasteiger partial charge in [-0.3, -0.25) is 0 Å². The Morgan fingerprint density at radius 2 is 1.94 bits per heavy atom. The molecule has 1 aliphatic rings. The van der Waals surface area contributed by atoms with Crippen LogP contribution in [0.4, 0.5) is 21.7 Å². The molecular formula is C23H26FN7O2. The molecule has 1 fully saturated rings. The lowest BCUT2D eigenvalue weighted by Crippen LogP contribution is -2.53. The molecule has 3 aromatic rings. The summed E-state index contributed by atoms with van der Waals surface area (Å²) in [4.78, 5) is 24.5. The Balaban J connectivity index is 1.52. The van der Waals surface area contributed by atoms with E-state index < -0.39 is 11.8 Å². The fraction of sp³-hybridized carbons (Fsp3) is 0.348. The molecule has 3 heterocycles. The Morgan fingerprint density at radius 1 is 1.15 bits per heavy atom. The summed E-state index contributed by atoms with van der Waals surface area (Å²) in [6, 6.07) is 4.72. The number of benzene rings is 1. The number of carbonyl (C=O) groups excluding carboxylic acids is 1. The van der Waals surface area contributed by atoms with E-state index in [2.05, 4.69) is 41.6 Å². The summed E-state index contributed by atoms with van der Waals surface area (Å²) in [5, 5.41) is 8.95. The molecule has 10 heteroatoms. The van der Waals surface area contributed by atoms with Gasteiger partial charge >= 0.3 is 5.97 Å². The molecule has 0 radical (unpaired) electrons. The van der Waals surface area contributed by atoms with E-state index in [-0.39, 0.29) is 17.4 Å². The molecule has 1 aliphatic heterocycles. The Hall–Kier alpha value is -3.82. The average Bonchev–Trinajstić information content (AvgIpc) is 2.82. The number of aromatic nitrogens is 4. The molecule has 0 bridgehead atoms. The van der Waals surface area contributed by atoms with Crippen molar-refractivity contribution in [2.45, 2.75) is 26.8 Å². The molecule has 0 amide bonds. The van der Waals surface area contributed by atoms with Gasteiger partial charge in [-0.25, -0.2) is 19.2 Å². The molecule has 33 heavy (non-hydrogen) atoms. The number of rotatable bonds is 4. The van der Waals surface area contributed by atoms with E-state index in [1.54, 1.807) is 18.3 Å². The van der Waals surface area contributed by atoms with Gasteiger partial charge in [0.2, 0.25) is 0 Å². The first-order chi connectivity index (χ1) is 15.8. The summed E-state index contributed by atoms with van der Waals surface area (Å²) < 4.78 is 18.2. The molecular weight excluding hydrogens is 425 g/mol. The average molecular weight is 452 g/mol. The van der Waals surface area contributed by atoms with E-state index in [1.165, 1.54) is 19.4 Å². The van der Waals surface area contributed by atoms with Crippen LogP contribution in [0.1, 0.15) is 28.5 Å². The predicted octanol–water partition coefficient (Wildman–Crippen LogP) is 2.77. The monoisotopic (exact) mass is 451 g/mol. The number of piperazine rings is 1. The number of hydrogen-bond donors (Lipinski definition) is 1. The topological polar surface area (TPSA) is 110 Å². The third-order valence-corrected chi connectivity index (χ3v) is 6.02. The van der Waals surface area contributed by atoms with Crippen molar-refractivity contribution in [2.75, 3.05) is 42.3 Å². The third-order valence-electron chi connectivity index (χ3n) is 6.02. The van der Waals surface area contributed by atoms with Crippen molar-refractivity contribution in [3.63, 3.8) is 0 Å². The van der Waals surface area contributed by atoms with Crippen LogP contribution in [0.25, 0.3) is 11.3 Å². The number of methoxy groups -OCH3 is 1. The van der Waals surface area contributed by atoms with Crippen LogP contribution in [0.5, 0.6) is 0 Å². The van der Waals surface area contributed by atoms with Gasteiger partial charge in [-0.1, -0.05) is 0 Å². The summed E-state index contributed by atoms with van der Waals surface area (Å²) in [5.41, 5.74) is 9.42. The van der Waals surface area contributed by atoms with Gasteiger partial charge in [0, 0.05) is 31.2 Å². The fourth-order valence-corrected chi connectivity index (χ4v) is 4.03. The van der Waals surface area contributed by atoms with Crippen molar-refractivity contribution in [1.82, 2.24) is 20.2 Å². The van der Waals surface area contributed by atoms with Crippen molar-refractivity contribution >= 4 is 23.3 Å². The van der Waals surface area contributed by atoms with Crippen LogP contribution in [0.15, 0.2) is 30.6 Å². The lowest BCUT2D eigenvalue weighted by Gasteiger charge is -2.41. The minimum Gasteiger partial charge on any atom is -0.464 e. The largest absolute Gasteiger partial charge is 0.464 e. The van der Waals surface area contributed by atoms with Crippen LogP contribution < -0.4 is 15.5 Å². The Kier molecular flexibility index (Phi) is 6.08. The van der Waals surface area contributed by atoms with E-state index in [0.29, 0.717) is 18.1 Å². The normalized spacial score (nSPS) is 16.1. The van der Waals surface area contributed by atoms with Gasteiger partial charge < -0.3 is 20.3 Å². The van der Waals surface area contributed by atoms with E-state index >= 15 is 0 Å². The number of nitrogen functional groups attached to an aromatic ring is 1. The Morgan fingerprint density at radius 3 is 2.58 bits per heavy atom. The zero-order chi connectivity index (χ0) is 23.7. The number of nitrogens with zero attached hydrogens (tertiary/aromatic N) is 6. The minimum atomic E-state index is -0.511. The smallest absolute Gasteiger partial charge is 0.358 e. The minimum absolute atomic E-state index is 0.0862. The SMILES string of the molecule is COC(=O)c1cnc(N2CCN(c3nnc(-c4ccc(F)c(N)c4)c(C)c3C)C[C@H]2C)cn1. The zero-order valence-corrected chi connectivity index (χ0v) is 19.0. The van der Waals surface area contributed by atoms with Gasteiger partial charge in [0.1, 0.15) is 11.6 Å². The van der Waals surface area contributed by atoms with Gasteiger partial charge in [-0.05, 0) is 50.1 Å². The van der Waals surface area contributed by atoms with Crippen LogP contribution >= 0.6 is 0 Å².